The molecule has 2 N–H and O–H groups in total. The number of nitro groups is 2. The zero-order valence-electron chi connectivity index (χ0n) is 14.0. The third kappa shape index (κ3) is 5.15. The molecule has 2 aromatic rings. The monoisotopic (exact) mass is 426 g/mol. The number of hydrogen-bond acceptors (Lipinski definition) is 6. The summed E-state index contributed by atoms with van der Waals surface area (Å²) in [6, 6.07) is 7.23. The highest BCUT2D eigenvalue weighted by Crippen LogP contribution is 2.25. The van der Waals surface area contributed by atoms with E-state index in [4.69, 9.17) is 23.2 Å². The van der Waals surface area contributed by atoms with Crippen LogP contribution in [0.3, 0.4) is 0 Å². The molecule has 0 fully saturated rings. The van der Waals surface area contributed by atoms with Crippen LogP contribution in [-0.4, -0.2) is 34.8 Å². The van der Waals surface area contributed by atoms with Crippen LogP contribution in [0.1, 0.15) is 20.7 Å². The summed E-state index contributed by atoms with van der Waals surface area (Å²) in [7, 11) is 0. The van der Waals surface area contributed by atoms with Crippen molar-refractivity contribution in [3.8, 4) is 0 Å². The van der Waals surface area contributed by atoms with E-state index in [-0.39, 0.29) is 34.3 Å². The van der Waals surface area contributed by atoms with E-state index in [2.05, 4.69) is 10.6 Å². The van der Waals surface area contributed by atoms with Crippen molar-refractivity contribution in [3.63, 3.8) is 0 Å². The van der Waals surface area contributed by atoms with Crippen molar-refractivity contribution in [1.29, 1.82) is 0 Å². The Labute approximate surface area is 167 Å². The van der Waals surface area contributed by atoms with Gasteiger partial charge in [-0.25, -0.2) is 0 Å². The van der Waals surface area contributed by atoms with Crippen LogP contribution in [-0.2, 0) is 0 Å². The molecule has 2 rings (SSSR count). The standard InChI is InChI=1S/C16H12Cl2N4O6/c17-11-3-1-9(7-13(11)21(25)26)15(23)19-5-6-20-16(24)10-2-4-12(18)14(8-10)22(27)28/h1-4,7-8H,5-6H2,(H,19,23)(H,20,24). The second kappa shape index (κ2) is 9.11. The number of amides is 2. The average molecular weight is 427 g/mol. The topological polar surface area (TPSA) is 144 Å². The van der Waals surface area contributed by atoms with E-state index in [0.717, 1.165) is 12.1 Å². The third-order valence-electron chi connectivity index (χ3n) is 3.51. The van der Waals surface area contributed by atoms with Gasteiger partial charge in [-0.1, -0.05) is 23.2 Å². The number of benzene rings is 2. The first-order valence-corrected chi connectivity index (χ1v) is 8.40. The lowest BCUT2D eigenvalue weighted by atomic mass is 10.2. The molecule has 0 atom stereocenters. The van der Waals surface area contributed by atoms with Crippen LogP contribution in [0.25, 0.3) is 0 Å². The Bertz CT molecular complexity index is 889. The first-order chi connectivity index (χ1) is 13.2. The minimum atomic E-state index is -0.704. The zero-order chi connectivity index (χ0) is 20.8. The maximum atomic E-state index is 12.0. The summed E-state index contributed by atoms with van der Waals surface area (Å²) in [6.07, 6.45) is 0. The SMILES string of the molecule is O=C(NCCNC(=O)c1ccc(Cl)c([N+](=O)[O-])c1)c1ccc(Cl)c([N+](=O)[O-])c1. The first kappa shape index (κ1) is 21.1. The van der Waals surface area contributed by atoms with Crippen LogP contribution < -0.4 is 10.6 Å². The Morgan fingerprint density at radius 1 is 0.786 bits per heavy atom. The molecule has 0 aliphatic heterocycles. The summed E-state index contributed by atoms with van der Waals surface area (Å²) < 4.78 is 0. The zero-order valence-corrected chi connectivity index (χ0v) is 15.5. The summed E-state index contributed by atoms with van der Waals surface area (Å²) in [6.45, 7) is 0.0490. The van der Waals surface area contributed by atoms with Gasteiger partial charge in [0.25, 0.3) is 23.2 Å². The number of nitrogens with zero attached hydrogens (tertiary/aromatic N) is 2. The first-order valence-electron chi connectivity index (χ1n) is 7.65. The molecular weight excluding hydrogens is 415 g/mol. The van der Waals surface area contributed by atoms with Crippen LogP contribution in [0.2, 0.25) is 10.0 Å². The number of hydrogen-bond donors (Lipinski definition) is 2. The maximum absolute atomic E-state index is 12.0. The van der Waals surface area contributed by atoms with E-state index in [1.54, 1.807) is 0 Å². The lowest BCUT2D eigenvalue weighted by molar-refractivity contribution is -0.384. The van der Waals surface area contributed by atoms with Crippen molar-refractivity contribution < 1.29 is 19.4 Å². The molecule has 0 aliphatic carbocycles. The third-order valence-corrected chi connectivity index (χ3v) is 4.15. The van der Waals surface area contributed by atoms with Crippen LogP contribution in [0.4, 0.5) is 11.4 Å². The molecule has 0 saturated heterocycles. The molecule has 2 amide bonds. The Hall–Kier alpha value is -3.24. The molecule has 0 aromatic heterocycles. The molecule has 0 radical (unpaired) electrons. The van der Waals surface area contributed by atoms with Gasteiger partial charge in [-0.2, -0.15) is 0 Å². The van der Waals surface area contributed by atoms with E-state index in [1.807, 2.05) is 0 Å². The maximum Gasteiger partial charge on any atom is 0.288 e. The summed E-state index contributed by atoms with van der Waals surface area (Å²) in [5.41, 5.74) is -0.717. The summed E-state index contributed by atoms with van der Waals surface area (Å²) >= 11 is 11.4. The minimum absolute atomic E-state index is 0.0245. The molecule has 10 nitrogen and oxygen atoms in total. The van der Waals surface area contributed by atoms with Crippen molar-refractivity contribution in [3.05, 3.63) is 77.8 Å². The van der Waals surface area contributed by atoms with E-state index < -0.39 is 33.0 Å². The number of rotatable bonds is 7. The summed E-state index contributed by atoms with van der Waals surface area (Å²) in [5.74, 6) is -1.17. The Balaban J connectivity index is 1.90. The van der Waals surface area contributed by atoms with Crippen molar-refractivity contribution in [2.75, 3.05) is 13.1 Å². The molecule has 0 unspecified atom stereocenters. The summed E-state index contributed by atoms with van der Waals surface area (Å²) in [5, 5.41) is 26.5. The molecule has 28 heavy (non-hydrogen) atoms. The van der Waals surface area contributed by atoms with Crippen molar-refractivity contribution in [2.24, 2.45) is 0 Å². The van der Waals surface area contributed by atoms with Gasteiger partial charge in [0.2, 0.25) is 0 Å². The van der Waals surface area contributed by atoms with Gasteiger partial charge in [0.15, 0.2) is 0 Å². The molecule has 12 heteroatoms. The Kier molecular flexibility index (Phi) is 6.85. The van der Waals surface area contributed by atoms with Crippen LogP contribution in [0.15, 0.2) is 36.4 Å². The van der Waals surface area contributed by atoms with Gasteiger partial charge in [-0.3, -0.25) is 29.8 Å². The van der Waals surface area contributed by atoms with Crippen molar-refractivity contribution in [1.82, 2.24) is 10.6 Å². The predicted molar refractivity (Wildman–Crippen MR) is 101 cm³/mol. The number of nitro benzene ring substituents is 2. The van der Waals surface area contributed by atoms with Gasteiger partial charge in [0, 0.05) is 36.3 Å². The second-order valence-electron chi connectivity index (χ2n) is 5.36. The molecule has 2 aromatic carbocycles. The molecule has 0 aliphatic rings. The van der Waals surface area contributed by atoms with Crippen LogP contribution in [0.5, 0.6) is 0 Å². The fraction of sp³-hybridized carbons (Fsp3) is 0.125. The Morgan fingerprint density at radius 3 is 1.46 bits per heavy atom. The van der Waals surface area contributed by atoms with Crippen molar-refractivity contribution >= 4 is 46.4 Å². The van der Waals surface area contributed by atoms with E-state index in [9.17, 15) is 29.8 Å². The lowest BCUT2D eigenvalue weighted by Crippen LogP contribution is -2.34. The summed E-state index contributed by atoms with van der Waals surface area (Å²) in [4.78, 5) is 44.3. The number of halogens is 2. The van der Waals surface area contributed by atoms with E-state index in [1.165, 1.54) is 24.3 Å². The van der Waals surface area contributed by atoms with Gasteiger partial charge >= 0.3 is 0 Å². The van der Waals surface area contributed by atoms with Gasteiger partial charge in [0.1, 0.15) is 10.0 Å². The highest BCUT2D eigenvalue weighted by Gasteiger charge is 2.17. The van der Waals surface area contributed by atoms with E-state index >= 15 is 0 Å². The second-order valence-corrected chi connectivity index (χ2v) is 6.17. The molecule has 0 heterocycles. The largest absolute Gasteiger partial charge is 0.350 e. The molecular formula is C16H12Cl2N4O6. The Morgan fingerprint density at radius 2 is 1.14 bits per heavy atom. The molecule has 146 valence electrons. The number of carbonyl (C=O) groups excluding carboxylic acids is 2. The fourth-order valence-corrected chi connectivity index (χ4v) is 2.52. The van der Waals surface area contributed by atoms with Gasteiger partial charge in [-0.05, 0) is 24.3 Å². The van der Waals surface area contributed by atoms with Gasteiger partial charge < -0.3 is 10.6 Å². The average Bonchev–Trinajstić information content (AvgIpc) is 2.65. The quantitative estimate of drug-likeness (QED) is 0.395. The lowest BCUT2D eigenvalue weighted by Gasteiger charge is -2.08. The normalized spacial score (nSPS) is 10.2. The molecule has 0 spiro atoms. The van der Waals surface area contributed by atoms with E-state index in [0.29, 0.717) is 0 Å². The smallest absolute Gasteiger partial charge is 0.288 e. The van der Waals surface area contributed by atoms with Gasteiger partial charge in [0.05, 0.1) is 9.85 Å². The van der Waals surface area contributed by atoms with Gasteiger partial charge in [-0.15, -0.1) is 0 Å². The highest BCUT2D eigenvalue weighted by atomic mass is 35.5. The minimum Gasteiger partial charge on any atom is -0.350 e. The molecule has 0 saturated carbocycles. The number of nitrogens with one attached hydrogen (secondary N) is 2. The highest BCUT2D eigenvalue weighted by molar-refractivity contribution is 6.33. The predicted octanol–water partition coefficient (Wildman–Crippen LogP) is 2.97. The van der Waals surface area contributed by atoms with Crippen LogP contribution >= 0.6 is 23.2 Å². The molecule has 0 bridgehead atoms. The van der Waals surface area contributed by atoms with Crippen molar-refractivity contribution in [2.45, 2.75) is 0 Å². The fourth-order valence-electron chi connectivity index (χ4n) is 2.14. The van der Waals surface area contributed by atoms with Crippen LogP contribution in [0, 0.1) is 20.2 Å². The number of carbonyl (C=O) groups is 2.